The molecule has 0 saturated heterocycles. The van der Waals surface area contributed by atoms with Crippen LogP contribution in [-0.4, -0.2) is 16.5 Å². The highest BCUT2D eigenvalue weighted by atomic mass is 15.0. The Hall–Kier alpha value is -1.12. The Kier molecular flexibility index (Phi) is 4.78. The molecule has 0 spiro atoms. The molecule has 0 atom stereocenters. The highest BCUT2D eigenvalue weighted by molar-refractivity contribution is 5.45. The van der Waals surface area contributed by atoms with Gasteiger partial charge in [0.25, 0.3) is 0 Å². The predicted molar refractivity (Wildman–Crippen MR) is 80.7 cm³/mol. The molecule has 0 amide bonds. The summed E-state index contributed by atoms with van der Waals surface area (Å²) in [4.78, 5) is 9.54. The Bertz CT molecular complexity index is 420. The normalized spacial score (nSPS) is 23.4. The quantitative estimate of drug-likeness (QED) is 0.882. The van der Waals surface area contributed by atoms with Crippen molar-refractivity contribution in [2.24, 2.45) is 5.92 Å². The average Bonchev–Trinajstić information content (AvgIpc) is 2.41. The number of hydrogen-bond acceptors (Lipinski definition) is 3. The lowest BCUT2D eigenvalue weighted by atomic mass is 9.82. The maximum atomic E-state index is 4.80. The van der Waals surface area contributed by atoms with Gasteiger partial charge in [0.05, 0.1) is 0 Å². The first kappa shape index (κ1) is 14.3. The summed E-state index contributed by atoms with van der Waals surface area (Å²) < 4.78 is 0. The summed E-state index contributed by atoms with van der Waals surface area (Å²) in [5.41, 5.74) is 2.32. The lowest BCUT2D eigenvalue weighted by Gasteiger charge is -2.26. The molecule has 0 radical (unpaired) electrons. The maximum absolute atomic E-state index is 4.80. The van der Waals surface area contributed by atoms with Gasteiger partial charge in [0.2, 0.25) is 0 Å². The smallest absolute Gasteiger partial charge is 0.134 e. The molecule has 106 valence electrons. The highest BCUT2D eigenvalue weighted by Crippen LogP contribution is 2.34. The molecule has 19 heavy (non-hydrogen) atoms. The van der Waals surface area contributed by atoms with E-state index >= 15 is 0 Å². The second kappa shape index (κ2) is 6.36. The van der Waals surface area contributed by atoms with Gasteiger partial charge >= 0.3 is 0 Å². The average molecular weight is 261 g/mol. The molecule has 0 bridgehead atoms. The lowest BCUT2D eigenvalue weighted by Crippen LogP contribution is -2.16. The first-order valence-electron chi connectivity index (χ1n) is 7.70. The number of nitrogens with one attached hydrogen (secondary N) is 1. The van der Waals surface area contributed by atoms with E-state index in [1.54, 1.807) is 0 Å². The van der Waals surface area contributed by atoms with Crippen LogP contribution in [0.2, 0.25) is 0 Å². The van der Waals surface area contributed by atoms with Gasteiger partial charge < -0.3 is 5.32 Å². The number of aryl methyl sites for hydroxylation is 1. The summed E-state index contributed by atoms with van der Waals surface area (Å²) in [5, 5.41) is 3.44. The van der Waals surface area contributed by atoms with Gasteiger partial charge in [-0.2, -0.15) is 0 Å². The van der Waals surface area contributed by atoms with Crippen molar-refractivity contribution in [1.29, 1.82) is 0 Å². The molecule has 3 heteroatoms. The number of nitrogens with zero attached hydrogens (tertiary/aromatic N) is 2. The van der Waals surface area contributed by atoms with E-state index in [9.17, 15) is 0 Å². The third-order valence-corrected chi connectivity index (χ3v) is 4.33. The van der Waals surface area contributed by atoms with E-state index in [0.717, 1.165) is 36.2 Å². The summed E-state index contributed by atoms with van der Waals surface area (Å²) in [6.45, 7) is 9.73. The van der Waals surface area contributed by atoms with Gasteiger partial charge in [0, 0.05) is 23.7 Å². The van der Waals surface area contributed by atoms with Crippen LogP contribution in [0.5, 0.6) is 0 Å². The summed E-state index contributed by atoms with van der Waals surface area (Å²) >= 11 is 0. The fourth-order valence-corrected chi connectivity index (χ4v) is 2.77. The third kappa shape index (κ3) is 3.46. The topological polar surface area (TPSA) is 37.8 Å². The zero-order valence-electron chi connectivity index (χ0n) is 12.8. The maximum Gasteiger partial charge on any atom is 0.134 e. The van der Waals surface area contributed by atoms with Crippen molar-refractivity contribution in [3.8, 4) is 0 Å². The molecule has 1 aromatic heterocycles. The molecular weight excluding hydrogens is 234 g/mol. The van der Waals surface area contributed by atoms with E-state index in [1.165, 1.54) is 31.2 Å². The van der Waals surface area contributed by atoms with Crippen LogP contribution in [0.1, 0.15) is 69.0 Å². The molecule has 0 aliphatic heterocycles. The molecule has 1 aromatic rings. The Morgan fingerprint density at radius 2 is 1.79 bits per heavy atom. The van der Waals surface area contributed by atoms with Crippen LogP contribution >= 0.6 is 0 Å². The van der Waals surface area contributed by atoms with Gasteiger partial charge in [0.1, 0.15) is 11.6 Å². The van der Waals surface area contributed by atoms with E-state index in [1.807, 2.05) is 0 Å². The Balaban J connectivity index is 2.18. The molecule has 1 aliphatic carbocycles. The van der Waals surface area contributed by atoms with E-state index in [4.69, 9.17) is 9.97 Å². The molecule has 1 fully saturated rings. The second-order valence-electron chi connectivity index (χ2n) is 6.02. The molecule has 1 N–H and O–H groups in total. The summed E-state index contributed by atoms with van der Waals surface area (Å²) in [6, 6.07) is 0. The van der Waals surface area contributed by atoms with Crippen LogP contribution in [0.25, 0.3) is 0 Å². The predicted octanol–water partition coefficient (Wildman–Crippen LogP) is 4.21. The van der Waals surface area contributed by atoms with E-state index in [0.29, 0.717) is 5.92 Å². The highest BCUT2D eigenvalue weighted by Gasteiger charge is 2.23. The summed E-state index contributed by atoms with van der Waals surface area (Å²) in [6.07, 6.45) is 6.25. The van der Waals surface area contributed by atoms with Crippen molar-refractivity contribution >= 4 is 5.82 Å². The van der Waals surface area contributed by atoms with E-state index < -0.39 is 0 Å². The zero-order chi connectivity index (χ0) is 13.8. The molecule has 3 nitrogen and oxygen atoms in total. The Morgan fingerprint density at radius 1 is 1.11 bits per heavy atom. The van der Waals surface area contributed by atoms with Crippen molar-refractivity contribution in [2.75, 3.05) is 11.9 Å². The first-order valence-corrected chi connectivity index (χ1v) is 7.70. The molecule has 2 rings (SSSR count). The minimum Gasteiger partial charge on any atom is -0.370 e. The number of hydrogen-bond donors (Lipinski definition) is 1. The van der Waals surface area contributed by atoms with Gasteiger partial charge in [-0.05, 0) is 39.0 Å². The SMILES string of the molecule is CCCNc1nc(C2CCC(C)CC2)nc(C)c1C. The van der Waals surface area contributed by atoms with Crippen molar-refractivity contribution in [2.45, 2.75) is 65.7 Å². The fraction of sp³-hybridized carbons (Fsp3) is 0.750. The van der Waals surface area contributed by atoms with Crippen LogP contribution in [0.4, 0.5) is 5.82 Å². The van der Waals surface area contributed by atoms with Gasteiger partial charge in [-0.25, -0.2) is 9.97 Å². The van der Waals surface area contributed by atoms with Gasteiger partial charge in [0.15, 0.2) is 0 Å². The molecule has 1 heterocycles. The zero-order valence-corrected chi connectivity index (χ0v) is 12.8. The fourth-order valence-electron chi connectivity index (χ4n) is 2.77. The van der Waals surface area contributed by atoms with Crippen LogP contribution in [0.15, 0.2) is 0 Å². The van der Waals surface area contributed by atoms with Gasteiger partial charge in [-0.15, -0.1) is 0 Å². The number of anilines is 1. The van der Waals surface area contributed by atoms with Crippen LogP contribution in [0.3, 0.4) is 0 Å². The minimum absolute atomic E-state index is 0.567. The lowest BCUT2D eigenvalue weighted by molar-refractivity contribution is 0.339. The standard InChI is InChI=1S/C16H27N3/c1-5-10-17-15-12(3)13(4)18-16(19-15)14-8-6-11(2)7-9-14/h11,14H,5-10H2,1-4H3,(H,17,18,19). The summed E-state index contributed by atoms with van der Waals surface area (Å²) in [5.74, 6) is 3.55. The van der Waals surface area contributed by atoms with Crippen LogP contribution in [-0.2, 0) is 0 Å². The summed E-state index contributed by atoms with van der Waals surface area (Å²) in [7, 11) is 0. The molecule has 1 aliphatic rings. The molecular formula is C16H27N3. The van der Waals surface area contributed by atoms with Crippen LogP contribution in [0, 0.1) is 19.8 Å². The molecule has 0 aromatic carbocycles. The van der Waals surface area contributed by atoms with Gasteiger partial charge in [-0.1, -0.05) is 26.7 Å². The third-order valence-electron chi connectivity index (χ3n) is 4.33. The second-order valence-corrected chi connectivity index (χ2v) is 6.02. The van der Waals surface area contributed by atoms with E-state index in [-0.39, 0.29) is 0 Å². The first-order chi connectivity index (χ1) is 9.11. The Labute approximate surface area is 117 Å². The Morgan fingerprint density at radius 3 is 2.42 bits per heavy atom. The van der Waals surface area contributed by atoms with Crippen molar-refractivity contribution in [1.82, 2.24) is 9.97 Å². The minimum atomic E-state index is 0.567. The van der Waals surface area contributed by atoms with Crippen molar-refractivity contribution < 1.29 is 0 Å². The van der Waals surface area contributed by atoms with Crippen molar-refractivity contribution in [3.63, 3.8) is 0 Å². The molecule has 1 saturated carbocycles. The number of rotatable bonds is 4. The van der Waals surface area contributed by atoms with Crippen molar-refractivity contribution in [3.05, 3.63) is 17.1 Å². The largest absolute Gasteiger partial charge is 0.370 e. The van der Waals surface area contributed by atoms with Crippen LogP contribution < -0.4 is 5.32 Å². The monoisotopic (exact) mass is 261 g/mol. The van der Waals surface area contributed by atoms with Gasteiger partial charge in [-0.3, -0.25) is 0 Å². The number of aromatic nitrogens is 2. The van der Waals surface area contributed by atoms with E-state index in [2.05, 4.69) is 33.0 Å². The molecule has 0 unspecified atom stereocenters.